The highest BCUT2D eigenvalue weighted by Crippen LogP contribution is 2.24. The number of methoxy groups -OCH3 is 1. The molecule has 0 saturated carbocycles. The maximum atomic E-state index is 12.9. The number of nitrogens with zero attached hydrogens (tertiary/aromatic N) is 3. The van der Waals surface area contributed by atoms with E-state index in [4.69, 9.17) is 4.74 Å². The molecule has 0 radical (unpaired) electrons. The Morgan fingerprint density at radius 2 is 1.79 bits per heavy atom. The van der Waals surface area contributed by atoms with Crippen LogP contribution in [0.5, 0.6) is 0 Å². The van der Waals surface area contributed by atoms with E-state index >= 15 is 0 Å². The average molecular weight is 502 g/mol. The second-order valence-electron chi connectivity index (χ2n) is 8.55. The molecule has 0 bridgehead atoms. The third-order valence-corrected chi connectivity index (χ3v) is 8.99. The summed E-state index contributed by atoms with van der Waals surface area (Å²) in [5.41, 5.74) is 2.10. The summed E-state index contributed by atoms with van der Waals surface area (Å²) < 4.78 is 34.7. The molecular weight excluding hydrogens is 474 g/mol. The SMILES string of the molecule is COC(=O)Cn1c(=NC(=O)c2ccc(S(=O)(=O)N3CCC(C)CC3)cc2)sc2cc(C)ccc21. The average Bonchev–Trinajstić information content (AvgIpc) is 3.14. The van der Waals surface area contributed by atoms with E-state index in [9.17, 15) is 18.0 Å². The summed E-state index contributed by atoms with van der Waals surface area (Å²) in [6, 6.07) is 11.6. The lowest BCUT2D eigenvalue weighted by Gasteiger charge is -2.29. The predicted octanol–water partition coefficient (Wildman–Crippen LogP) is 3.35. The number of hydrogen-bond acceptors (Lipinski definition) is 6. The smallest absolute Gasteiger partial charge is 0.325 e. The number of hydrogen-bond donors (Lipinski definition) is 0. The van der Waals surface area contributed by atoms with Crippen molar-refractivity contribution >= 4 is 43.5 Å². The third kappa shape index (κ3) is 4.98. The lowest BCUT2D eigenvalue weighted by molar-refractivity contribution is -0.141. The van der Waals surface area contributed by atoms with Crippen LogP contribution >= 0.6 is 11.3 Å². The molecule has 180 valence electrons. The highest BCUT2D eigenvalue weighted by Gasteiger charge is 2.28. The Morgan fingerprint density at radius 3 is 2.44 bits per heavy atom. The molecule has 1 aromatic heterocycles. The van der Waals surface area contributed by atoms with Crippen molar-refractivity contribution in [3.05, 3.63) is 58.4 Å². The van der Waals surface area contributed by atoms with Gasteiger partial charge in [0, 0.05) is 18.7 Å². The lowest BCUT2D eigenvalue weighted by Crippen LogP contribution is -2.37. The van der Waals surface area contributed by atoms with E-state index in [1.54, 1.807) is 4.57 Å². The van der Waals surface area contributed by atoms with Crippen molar-refractivity contribution in [3.63, 3.8) is 0 Å². The first-order valence-corrected chi connectivity index (χ1v) is 13.3. The maximum Gasteiger partial charge on any atom is 0.325 e. The molecule has 10 heteroatoms. The van der Waals surface area contributed by atoms with Gasteiger partial charge in [0.05, 0.1) is 22.2 Å². The normalized spacial score (nSPS) is 16.1. The zero-order valence-electron chi connectivity index (χ0n) is 19.4. The van der Waals surface area contributed by atoms with Gasteiger partial charge < -0.3 is 9.30 Å². The van der Waals surface area contributed by atoms with Crippen LogP contribution in [0.2, 0.25) is 0 Å². The fourth-order valence-corrected chi connectivity index (χ4v) is 6.50. The zero-order chi connectivity index (χ0) is 24.5. The Hall–Kier alpha value is -2.82. The van der Waals surface area contributed by atoms with E-state index in [1.165, 1.54) is 47.0 Å². The number of rotatable bonds is 5. The summed E-state index contributed by atoms with van der Waals surface area (Å²) in [4.78, 5) is 29.6. The summed E-state index contributed by atoms with van der Waals surface area (Å²) in [6.45, 7) is 5.03. The second-order valence-corrected chi connectivity index (χ2v) is 11.5. The van der Waals surface area contributed by atoms with Gasteiger partial charge >= 0.3 is 5.97 Å². The number of esters is 1. The van der Waals surface area contributed by atoms with E-state index < -0.39 is 21.9 Å². The van der Waals surface area contributed by atoms with E-state index in [2.05, 4.69) is 11.9 Å². The number of aromatic nitrogens is 1. The van der Waals surface area contributed by atoms with Crippen LogP contribution < -0.4 is 4.80 Å². The zero-order valence-corrected chi connectivity index (χ0v) is 21.0. The number of benzene rings is 2. The number of aryl methyl sites for hydroxylation is 1. The van der Waals surface area contributed by atoms with Gasteiger partial charge in [0.1, 0.15) is 6.54 Å². The van der Waals surface area contributed by atoms with Gasteiger partial charge in [0.15, 0.2) is 4.80 Å². The summed E-state index contributed by atoms with van der Waals surface area (Å²) in [5, 5.41) is 0. The van der Waals surface area contributed by atoms with Gasteiger partial charge in [-0.1, -0.05) is 24.3 Å². The molecule has 8 nitrogen and oxygen atoms in total. The fraction of sp³-hybridized carbons (Fsp3) is 0.375. The van der Waals surface area contributed by atoms with Crippen LogP contribution in [0.25, 0.3) is 10.2 Å². The van der Waals surface area contributed by atoms with Crippen LogP contribution in [0, 0.1) is 12.8 Å². The minimum Gasteiger partial charge on any atom is -0.468 e. The highest BCUT2D eigenvalue weighted by molar-refractivity contribution is 7.89. The molecule has 3 aromatic rings. The van der Waals surface area contributed by atoms with Gasteiger partial charge in [0.25, 0.3) is 5.91 Å². The minimum atomic E-state index is -3.59. The molecule has 2 aromatic carbocycles. The second kappa shape index (κ2) is 9.81. The monoisotopic (exact) mass is 501 g/mol. The molecule has 4 rings (SSSR count). The number of carbonyl (C=O) groups is 2. The molecule has 0 unspecified atom stereocenters. The number of amides is 1. The van der Waals surface area contributed by atoms with Crippen molar-refractivity contribution in [1.29, 1.82) is 0 Å². The van der Waals surface area contributed by atoms with Crippen LogP contribution in [0.3, 0.4) is 0 Å². The number of thiazole rings is 1. The minimum absolute atomic E-state index is 0.0721. The summed E-state index contributed by atoms with van der Waals surface area (Å²) in [7, 11) is -2.28. The van der Waals surface area contributed by atoms with Crippen LogP contribution in [0.15, 0.2) is 52.4 Å². The third-order valence-electron chi connectivity index (χ3n) is 6.03. The topological polar surface area (TPSA) is 98.0 Å². The van der Waals surface area contributed by atoms with Gasteiger partial charge in [-0.05, 0) is 67.6 Å². The Kier molecular flexibility index (Phi) is 7.01. The molecule has 0 atom stereocenters. The van der Waals surface area contributed by atoms with E-state index in [-0.39, 0.29) is 17.0 Å². The quantitative estimate of drug-likeness (QED) is 0.500. The number of ether oxygens (including phenoxy) is 1. The first-order chi connectivity index (χ1) is 16.2. The molecule has 2 heterocycles. The highest BCUT2D eigenvalue weighted by atomic mass is 32.2. The Labute approximate surface area is 202 Å². The van der Waals surface area contributed by atoms with Crippen molar-refractivity contribution in [1.82, 2.24) is 8.87 Å². The first kappa shape index (κ1) is 24.3. The van der Waals surface area contributed by atoms with E-state index in [0.717, 1.165) is 28.6 Å². The lowest BCUT2D eigenvalue weighted by atomic mass is 10.0. The molecule has 1 amide bonds. The maximum absolute atomic E-state index is 12.9. The number of sulfonamides is 1. The van der Waals surface area contributed by atoms with Gasteiger partial charge in [-0.15, -0.1) is 0 Å². The van der Waals surface area contributed by atoms with Crippen LogP contribution in [0.4, 0.5) is 0 Å². The predicted molar refractivity (Wildman–Crippen MR) is 130 cm³/mol. The Balaban J connectivity index is 1.64. The molecule has 1 aliphatic rings. The van der Waals surface area contributed by atoms with Crippen LogP contribution in [0.1, 0.15) is 35.7 Å². The van der Waals surface area contributed by atoms with Gasteiger partial charge in [0.2, 0.25) is 10.0 Å². The molecule has 0 spiro atoms. The van der Waals surface area contributed by atoms with Gasteiger partial charge in [-0.2, -0.15) is 9.30 Å². The van der Waals surface area contributed by atoms with Crippen molar-refractivity contribution < 1.29 is 22.7 Å². The number of carbonyl (C=O) groups excluding carboxylic acids is 2. The Bertz CT molecular complexity index is 1400. The van der Waals surface area contributed by atoms with Crippen molar-refractivity contribution in [3.8, 4) is 0 Å². The molecular formula is C24H27N3O5S2. The van der Waals surface area contributed by atoms with Crippen LogP contribution in [-0.2, 0) is 26.1 Å². The molecule has 0 N–H and O–H groups in total. The van der Waals surface area contributed by atoms with E-state index in [0.29, 0.717) is 23.8 Å². The molecule has 1 saturated heterocycles. The van der Waals surface area contributed by atoms with Crippen molar-refractivity contribution in [2.24, 2.45) is 10.9 Å². The molecule has 34 heavy (non-hydrogen) atoms. The summed E-state index contributed by atoms with van der Waals surface area (Å²) >= 11 is 1.30. The molecule has 0 aliphatic carbocycles. The fourth-order valence-electron chi connectivity index (χ4n) is 3.91. The largest absolute Gasteiger partial charge is 0.468 e. The van der Waals surface area contributed by atoms with Crippen LogP contribution in [-0.4, -0.2) is 49.4 Å². The number of fused-ring (bicyclic) bond motifs is 1. The summed E-state index contributed by atoms with van der Waals surface area (Å²) in [5.74, 6) is -0.443. The Morgan fingerprint density at radius 1 is 1.12 bits per heavy atom. The number of piperidine rings is 1. The standard InChI is InChI=1S/C24H27N3O5S2/c1-16-10-12-26(13-11-16)34(30,31)19-7-5-18(6-8-19)23(29)25-24-27(15-22(28)32-3)20-9-4-17(2)14-21(20)33-24/h4-9,14,16H,10-13,15H2,1-3H3. The van der Waals surface area contributed by atoms with Crippen molar-refractivity contribution in [2.45, 2.75) is 38.1 Å². The van der Waals surface area contributed by atoms with Crippen molar-refractivity contribution in [2.75, 3.05) is 20.2 Å². The first-order valence-electron chi connectivity index (χ1n) is 11.0. The van der Waals surface area contributed by atoms with E-state index in [1.807, 2.05) is 25.1 Å². The molecule has 1 aliphatic heterocycles. The molecule has 1 fully saturated rings. The van der Waals surface area contributed by atoms with Gasteiger partial charge in [-0.3, -0.25) is 9.59 Å². The van der Waals surface area contributed by atoms with Gasteiger partial charge in [-0.25, -0.2) is 8.42 Å². The summed E-state index contributed by atoms with van der Waals surface area (Å²) in [6.07, 6.45) is 1.68.